The van der Waals surface area contributed by atoms with Crippen LogP contribution in [0.2, 0.25) is 0 Å². The van der Waals surface area contributed by atoms with E-state index in [-0.39, 0.29) is 5.38 Å². The van der Waals surface area contributed by atoms with Gasteiger partial charge >= 0.3 is 0 Å². The normalized spacial score (nSPS) is 12.7. The maximum Gasteiger partial charge on any atom is 0.101 e. The lowest BCUT2D eigenvalue weighted by atomic mass is 10.2. The van der Waals surface area contributed by atoms with Gasteiger partial charge in [0, 0.05) is 0 Å². The average molecular weight is 222 g/mol. The van der Waals surface area contributed by atoms with E-state index in [0.717, 1.165) is 11.4 Å². The largest absolute Gasteiger partial charge is 0.220 e. The summed E-state index contributed by atoms with van der Waals surface area (Å²) in [5.41, 5.74) is 2.99. The van der Waals surface area contributed by atoms with Crippen LogP contribution in [-0.4, -0.2) is 15.0 Å². The molecular formula is C11H12ClN3. The lowest BCUT2D eigenvalue weighted by molar-refractivity contribution is 0.796. The fraction of sp³-hybridized carbons (Fsp3) is 0.273. The molecule has 0 aliphatic heterocycles. The van der Waals surface area contributed by atoms with Crippen molar-refractivity contribution >= 4 is 11.6 Å². The minimum atomic E-state index is -0.108. The predicted molar refractivity (Wildman–Crippen MR) is 60.4 cm³/mol. The lowest BCUT2D eigenvalue weighted by Crippen LogP contribution is -1.94. The highest BCUT2D eigenvalue weighted by atomic mass is 35.5. The SMILES string of the molecule is Cc1cccc(-n2cc(C(C)Cl)nn2)c1. The highest BCUT2D eigenvalue weighted by Crippen LogP contribution is 2.17. The molecule has 0 spiro atoms. The van der Waals surface area contributed by atoms with Crippen LogP contribution in [0.25, 0.3) is 5.69 Å². The molecule has 1 aromatic heterocycles. The molecule has 2 rings (SSSR count). The Morgan fingerprint density at radius 1 is 1.40 bits per heavy atom. The maximum atomic E-state index is 5.92. The van der Waals surface area contributed by atoms with Crippen LogP contribution >= 0.6 is 11.6 Å². The summed E-state index contributed by atoms with van der Waals surface area (Å²) in [4.78, 5) is 0. The smallest absolute Gasteiger partial charge is 0.101 e. The Morgan fingerprint density at radius 2 is 2.20 bits per heavy atom. The van der Waals surface area contributed by atoms with Crippen LogP contribution in [0.15, 0.2) is 30.5 Å². The zero-order valence-corrected chi connectivity index (χ0v) is 9.44. The second-order valence-electron chi connectivity index (χ2n) is 3.54. The summed E-state index contributed by atoms with van der Waals surface area (Å²) in [6.07, 6.45) is 1.85. The van der Waals surface area contributed by atoms with Crippen molar-refractivity contribution in [1.82, 2.24) is 15.0 Å². The number of hydrogen-bond donors (Lipinski definition) is 0. The molecule has 0 aliphatic carbocycles. The molecule has 0 amide bonds. The molecule has 1 heterocycles. The van der Waals surface area contributed by atoms with Crippen LogP contribution in [0.1, 0.15) is 23.6 Å². The van der Waals surface area contributed by atoms with E-state index in [0.29, 0.717) is 0 Å². The topological polar surface area (TPSA) is 30.7 Å². The van der Waals surface area contributed by atoms with Gasteiger partial charge in [-0.1, -0.05) is 17.3 Å². The van der Waals surface area contributed by atoms with E-state index in [9.17, 15) is 0 Å². The Labute approximate surface area is 93.7 Å². The van der Waals surface area contributed by atoms with Crippen LogP contribution in [0, 0.1) is 6.92 Å². The molecule has 1 aromatic carbocycles. The molecule has 1 atom stereocenters. The second kappa shape index (κ2) is 4.03. The second-order valence-corrected chi connectivity index (χ2v) is 4.20. The number of hydrogen-bond acceptors (Lipinski definition) is 2. The van der Waals surface area contributed by atoms with Crippen LogP contribution in [0.3, 0.4) is 0 Å². The third-order valence-corrected chi connectivity index (χ3v) is 2.41. The van der Waals surface area contributed by atoms with Crippen molar-refractivity contribution in [3.05, 3.63) is 41.7 Å². The van der Waals surface area contributed by atoms with Gasteiger partial charge in [-0.2, -0.15) is 0 Å². The molecule has 15 heavy (non-hydrogen) atoms. The molecule has 4 heteroatoms. The molecular weight excluding hydrogens is 210 g/mol. The summed E-state index contributed by atoms with van der Waals surface area (Å²) < 4.78 is 1.74. The van der Waals surface area contributed by atoms with Gasteiger partial charge in [-0.25, -0.2) is 4.68 Å². The number of halogens is 1. The first-order valence-corrected chi connectivity index (χ1v) is 5.24. The van der Waals surface area contributed by atoms with E-state index in [4.69, 9.17) is 11.6 Å². The van der Waals surface area contributed by atoms with Gasteiger partial charge in [-0.05, 0) is 31.5 Å². The van der Waals surface area contributed by atoms with Crippen molar-refractivity contribution in [3.8, 4) is 5.69 Å². The number of aryl methyl sites for hydroxylation is 1. The molecule has 3 nitrogen and oxygen atoms in total. The summed E-state index contributed by atoms with van der Waals surface area (Å²) in [5, 5.41) is 7.93. The molecule has 0 radical (unpaired) electrons. The van der Waals surface area contributed by atoms with Gasteiger partial charge in [-0.15, -0.1) is 16.7 Å². The van der Waals surface area contributed by atoms with Gasteiger partial charge in [0.05, 0.1) is 17.3 Å². The first-order valence-electron chi connectivity index (χ1n) is 4.80. The van der Waals surface area contributed by atoms with Gasteiger partial charge in [0.1, 0.15) is 5.69 Å². The van der Waals surface area contributed by atoms with Crippen LogP contribution in [0.5, 0.6) is 0 Å². The predicted octanol–water partition coefficient (Wildman–Crippen LogP) is 2.88. The van der Waals surface area contributed by atoms with E-state index in [2.05, 4.69) is 16.4 Å². The highest BCUT2D eigenvalue weighted by Gasteiger charge is 2.07. The summed E-state index contributed by atoms with van der Waals surface area (Å²) in [6, 6.07) is 8.09. The molecule has 0 saturated carbocycles. The Bertz CT molecular complexity index is 462. The van der Waals surface area contributed by atoms with Crippen molar-refractivity contribution in [2.45, 2.75) is 19.2 Å². The quantitative estimate of drug-likeness (QED) is 0.731. The fourth-order valence-electron chi connectivity index (χ4n) is 1.36. The van der Waals surface area contributed by atoms with Gasteiger partial charge < -0.3 is 0 Å². The highest BCUT2D eigenvalue weighted by molar-refractivity contribution is 6.20. The van der Waals surface area contributed by atoms with Gasteiger partial charge in [0.2, 0.25) is 0 Å². The molecule has 1 unspecified atom stereocenters. The first kappa shape index (κ1) is 10.2. The Hall–Kier alpha value is -1.35. The molecule has 0 N–H and O–H groups in total. The number of aromatic nitrogens is 3. The summed E-state index contributed by atoms with van der Waals surface area (Å²) in [6.45, 7) is 3.93. The average Bonchev–Trinajstić information content (AvgIpc) is 2.66. The van der Waals surface area contributed by atoms with E-state index < -0.39 is 0 Å². The number of nitrogens with zero attached hydrogens (tertiary/aromatic N) is 3. The van der Waals surface area contributed by atoms with Crippen molar-refractivity contribution in [1.29, 1.82) is 0 Å². The van der Waals surface area contributed by atoms with Crippen molar-refractivity contribution in [2.75, 3.05) is 0 Å². The van der Waals surface area contributed by atoms with Crippen molar-refractivity contribution in [3.63, 3.8) is 0 Å². The Morgan fingerprint density at radius 3 is 2.80 bits per heavy atom. The van der Waals surface area contributed by atoms with Crippen molar-refractivity contribution < 1.29 is 0 Å². The van der Waals surface area contributed by atoms with Gasteiger partial charge in [0.25, 0.3) is 0 Å². The molecule has 0 bridgehead atoms. The lowest BCUT2D eigenvalue weighted by Gasteiger charge is -2.00. The first-order chi connectivity index (χ1) is 7.16. The van der Waals surface area contributed by atoms with E-state index in [1.807, 2.05) is 38.2 Å². The fourth-order valence-corrected chi connectivity index (χ4v) is 1.46. The van der Waals surface area contributed by atoms with Crippen LogP contribution < -0.4 is 0 Å². The van der Waals surface area contributed by atoms with Crippen molar-refractivity contribution in [2.24, 2.45) is 0 Å². The van der Waals surface area contributed by atoms with Crippen LogP contribution in [-0.2, 0) is 0 Å². The monoisotopic (exact) mass is 221 g/mol. The third kappa shape index (κ3) is 2.18. The number of rotatable bonds is 2. The molecule has 0 fully saturated rings. The minimum Gasteiger partial charge on any atom is -0.220 e. The summed E-state index contributed by atoms with van der Waals surface area (Å²) >= 11 is 5.92. The standard InChI is InChI=1S/C11H12ClN3/c1-8-4-3-5-10(6-8)15-7-11(9(2)12)13-14-15/h3-7,9H,1-2H3. The Balaban J connectivity index is 2.37. The minimum absolute atomic E-state index is 0.108. The summed E-state index contributed by atoms with van der Waals surface area (Å²) in [7, 11) is 0. The number of benzene rings is 1. The molecule has 0 saturated heterocycles. The summed E-state index contributed by atoms with van der Waals surface area (Å²) in [5.74, 6) is 0. The maximum absolute atomic E-state index is 5.92. The zero-order valence-electron chi connectivity index (χ0n) is 8.68. The van der Waals surface area contributed by atoms with Crippen LogP contribution in [0.4, 0.5) is 0 Å². The number of alkyl halides is 1. The third-order valence-electron chi connectivity index (χ3n) is 2.18. The molecule has 0 aliphatic rings. The molecule has 2 aromatic rings. The van der Waals surface area contributed by atoms with E-state index >= 15 is 0 Å². The van der Waals surface area contributed by atoms with E-state index in [1.54, 1.807) is 4.68 Å². The van der Waals surface area contributed by atoms with Gasteiger partial charge in [0.15, 0.2) is 0 Å². The Kier molecular flexibility index (Phi) is 2.73. The zero-order chi connectivity index (χ0) is 10.8. The molecule has 78 valence electrons. The van der Waals surface area contributed by atoms with Gasteiger partial charge in [-0.3, -0.25) is 0 Å². The van der Waals surface area contributed by atoms with E-state index in [1.165, 1.54) is 5.56 Å².